The highest BCUT2D eigenvalue weighted by Crippen LogP contribution is 2.07. The van der Waals surface area contributed by atoms with Gasteiger partial charge in [-0.25, -0.2) is 0 Å². The number of carbonyl (C=O) groups is 1. The molecule has 0 aromatic heterocycles. The van der Waals surface area contributed by atoms with E-state index in [4.69, 9.17) is 10.5 Å². The molecule has 0 unspecified atom stereocenters. The van der Waals surface area contributed by atoms with Crippen LogP contribution in [-0.4, -0.2) is 12.6 Å². The Labute approximate surface area is 103 Å². The first-order valence-corrected chi connectivity index (χ1v) is 6.08. The predicted octanol–water partition coefficient (Wildman–Crippen LogP) is 2.79. The van der Waals surface area contributed by atoms with Crippen molar-refractivity contribution in [2.45, 2.75) is 33.1 Å². The van der Waals surface area contributed by atoms with Crippen molar-refractivity contribution in [3.8, 4) is 0 Å². The monoisotopic (exact) mass is 235 g/mol. The number of rotatable bonds is 6. The molecule has 0 saturated heterocycles. The number of benzene rings is 1. The summed E-state index contributed by atoms with van der Waals surface area (Å²) in [6.45, 7) is 4.85. The molecule has 3 heteroatoms. The molecule has 2 N–H and O–H groups in total. The molecule has 3 nitrogen and oxygen atoms in total. The molecule has 0 atom stereocenters. The average molecular weight is 235 g/mol. The van der Waals surface area contributed by atoms with Gasteiger partial charge in [0, 0.05) is 5.69 Å². The lowest BCUT2D eigenvalue weighted by atomic mass is 10.1. The van der Waals surface area contributed by atoms with Gasteiger partial charge in [0.1, 0.15) is 0 Å². The van der Waals surface area contributed by atoms with Gasteiger partial charge in [0.15, 0.2) is 0 Å². The maximum atomic E-state index is 11.5. The molecule has 0 radical (unpaired) electrons. The van der Waals surface area contributed by atoms with Crippen LogP contribution in [0.15, 0.2) is 24.3 Å². The third-order valence-electron chi connectivity index (χ3n) is 2.52. The van der Waals surface area contributed by atoms with Crippen molar-refractivity contribution in [3.05, 3.63) is 29.8 Å². The summed E-state index contributed by atoms with van der Waals surface area (Å²) >= 11 is 0. The van der Waals surface area contributed by atoms with E-state index in [0.717, 1.165) is 18.4 Å². The number of nitrogens with two attached hydrogens (primary N) is 1. The first kappa shape index (κ1) is 13.6. The van der Waals surface area contributed by atoms with Crippen LogP contribution in [0.2, 0.25) is 0 Å². The lowest BCUT2D eigenvalue weighted by molar-refractivity contribution is -0.143. The van der Waals surface area contributed by atoms with E-state index in [0.29, 0.717) is 24.6 Å². The topological polar surface area (TPSA) is 52.3 Å². The van der Waals surface area contributed by atoms with Gasteiger partial charge in [-0.1, -0.05) is 26.0 Å². The Morgan fingerprint density at radius 3 is 2.53 bits per heavy atom. The highest BCUT2D eigenvalue weighted by molar-refractivity contribution is 5.72. The smallest absolute Gasteiger partial charge is 0.310 e. The number of ether oxygens (including phenoxy) is 1. The van der Waals surface area contributed by atoms with Crippen LogP contribution in [0.5, 0.6) is 0 Å². The van der Waals surface area contributed by atoms with E-state index in [1.165, 1.54) is 0 Å². The van der Waals surface area contributed by atoms with Crippen molar-refractivity contribution in [2.75, 3.05) is 12.3 Å². The number of nitrogen functional groups attached to an aromatic ring is 1. The Kier molecular flexibility index (Phi) is 5.53. The molecule has 0 spiro atoms. The van der Waals surface area contributed by atoms with Crippen molar-refractivity contribution < 1.29 is 9.53 Å². The van der Waals surface area contributed by atoms with E-state index in [2.05, 4.69) is 13.8 Å². The van der Waals surface area contributed by atoms with Gasteiger partial charge in [-0.3, -0.25) is 4.79 Å². The van der Waals surface area contributed by atoms with E-state index < -0.39 is 0 Å². The predicted molar refractivity (Wildman–Crippen MR) is 69.6 cm³/mol. The van der Waals surface area contributed by atoms with Crippen molar-refractivity contribution in [1.82, 2.24) is 0 Å². The lowest BCUT2D eigenvalue weighted by Crippen LogP contribution is -2.09. The molecular formula is C14H21NO2. The third-order valence-corrected chi connectivity index (χ3v) is 2.52. The largest absolute Gasteiger partial charge is 0.465 e. The normalized spacial score (nSPS) is 10.5. The van der Waals surface area contributed by atoms with Crippen LogP contribution >= 0.6 is 0 Å². The van der Waals surface area contributed by atoms with Crippen LogP contribution in [0.4, 0.5) is 5.69 Å². The van der Waals surface area contributed by atoms with E-state index in [1.54, 1.807) is 12.1 Å². The summed E-state index contributed by atoms with van der Waals surface area (Å²) in [5.41, 5.74) is 7.21. The first-order chi connectivity index (χ1) is 8.08. The van der Waals surface area contributed by atoms with Crippen molar-refractivity contribution in [3.63, 3.8) is 0 Å². The van der Waals surface area contributed by atoms with Crippen LogP contribution in [0.1, 0.15) is 32.3 Å². The zero-order chi connectivity index (χ0) is 12.7. The van der Waals surface area contributed by atoms with Gasteiger partial charge in [0.25, 0.3) is 0 Å². The Bertz CT molecular complexity index is 344. The van der Waals surface area contributed by atoms with Crippen LogP contribution in [0.3, 0.4) is 0 Å². The SMILES string of the molecule is CC(C)CCCOC(=O)Cc1ccc(N)cc1. The van der Waals surface area contributed by atoms with Gasteiger partial charge in [-0.2, -0.15) is 0 Å². The fourth-order valence-electron chi connectivity index (χ4n) is 1.53. The highest BCUT2D eigenvalue weighted by atomic mass is 16.5. The van der Waals surface area contributed by atoms with Gasteiger partial charge < -0.3 is 10.5 Å². The summed E-state index contributed by atoms with van der Waals surface area (Å²) in [4.78, 5) is 11.5. The standard InChI is InChI=1S/C14H21NO2/c1-11(2)4-3-9-17-14(16)10-12-5-7-13(15)8-6-12/h5-8,11H,3-4,9-10,15H2,1-2H3. The summed E-state index contributed by atoms with van der Waals surface area (Å²) in [5, 5.41) is 0. The Morgan fingerprint density at radius 1 is 1.29 bits per heavy atom. The second-order valence-corrected chi connectivity index (χ2v) is 4.67. The Morgan fingerprint density at radius 2 is 1.94 bits per heavy atom. The summed E-state index contributed by atoms with van der Waals surface area (Å²) in [6.07, 6.45) is 2.35. The molecule has 0 fully saturated rings. The van der Waals surface area contributed by atoms with Crippen molar-refractivity contribution >= 4 is 11.7 Å². The molecule has 0 heterocycles. The van der Waals surface area contributed by atoms with E-state index in [1.807, 2.05) is 12.1 Å². The molecule has 0 aliphatic heterocycles. The number of hydrogen-bond donors (Lipinski definition) is 1. The number of anilines is 1. The zero-order valence-corrected chi connectivity index (χ0v) is 10.6. The van der Waals surface area contributed by atoms with E-state index in [-0.39, 0.29) is 5.97 Å². The summed E-state index contributed by atoms with van der Waals surface area (Å²) in [5.74, 6) is 0.490. The molecule has 1 rings (SSSR count). The molecule has 0 aliphatic rings. The summed E-state index contributed by atoms with van der Waals surface area (Å²) in [7, 11) is 0. The van der Waals surface area contributed by atoms with Crippen LogP contribution < -0.4 is 5.73 Å². The maximum Gasteiger partial charge on any atom is 0.310 e. The Hall–Kier alpha value is -1.51. The highest BCUT2D eigenvalue weighted by Gasteiger charge is 2.04. The van der Waals surface area contributed by atoms with Gasteiger partial charge in [0.2, 0.25) is 0 Å². The van der Waals surface area contributed by atoms with Gasteiger partial charge in [0.05, 0.1) is 13.0 Å². The number of carbonyl (C=O) groups excluding carboxylic acids is 1. The minimum Gasteiger partial charge on any atom is -0.465 e. The van der Waals surface area contributed by atoms with Crippen LogP contribution in [-0.2, 0) is 16.0 Å². The molecule has 1 aromatic carbocycles. The van der Waals surface area contributed by atoms with Gasteiger partial charge in [-0.15, -0.1) is 0 Å². The molecule has 94 valence electrons. The quantitative estimate of drug-likeness (QED) is 0.468. The molecule has 0 bridgehead atoms. The summed E-state index contributed by atoms with van der Waals surface area (Å²) in [6, 6.07) is 7.29. The maximum absolute atomic E-state index is 11.5. The van der Waals surface area contributed by atoms with Crippen LogP contribution in [0.25, 0.3) is 0 Å². The molecule has 0 amide bonds. The number of hydrogen-bond acceptors (Lipinski definition) is 3. The summed E-state index contributed by atoms with van der Waals surface area (Å²) < 4.78 is 5.16. The third kappa shape index (κ3) is 5.95. The fraction of sp³-hybridized carbons (Fsp3) is 0.500. The molecular weight excluding hydrogens is 214 g/mol. The second kappa shape index (κ2) is 6.94. The molecule has 17 heavy (non-hydrogen) atoms. The fourth-order valence-corrected chi connectivity index (χ4v) is 1.53. The van der Waals surface area contributed by atoms with Crippen LogP contribution in [0, 0.1) is 5.92 Å². The molecule has 0 aliphatic carbocycles. The minimum absolute atomic E-state index is 0.168. The molecule has 0 saturated carbocycles. The van der Waals surface area contributed by atoms with Crippen molar-refractivity contribution in [1.29, 1.82) is 0 Å². The van der Waals surface area contributed by atoms with Gasteiger partial charge >= 0.3 is 5.97 Å². The lowest BCUT2D eigenvalue weighted by Gasteiger charge is -2.06. The van der Waals surface area contributed by atoms with Gasteiger partial charge in [-0.05, 0) is 36.5 Å². The Balaban J connectivity index is 2.23. The van der Waals surface area contributed by atoms with E-state index >= 15 is 0 Å². The first-order valence-electron chi connectivity index (χ1n) is 6.08. The van der Waals surface area contributed by atoms with E-state index in [9.17, 15) is 4.79 Å². The number of esters is 1. The zero-order valence-electron chi connectivity index (χ0n) is 10.6. The second-order valence-electron chi connectivity index (χ2n) is 4.67. The molecule has 1 aromatic rings. The van der Waals surface area contributed by atoms with Crippen molar-refractivity contribution in [2.24, 2.45) is 5.92 Å². The minimum atomic E-state index is -0.168. The average Bonchev–Trinajstić information content (AvgIpc) is 2.27.